The summed E-state index contributed by atoms with van der Waals surface area (Å²) < 4.78 is 0. The third kappa shape index (κ3) is 9.40. The highest BCUT2D eigenvalue weighted by molar-refractivity contribution is 7.20. The van der Waals surface area contributed by atoms with Gasteiger partial charge < -0.3 is 0 Å². The van der Waals surface area contributed by atoms with Crippen molar-refractivity contribution in [2.45, 2.75) is 0 Å². The fraction of sp³-hybridized carbons (Fsp3) is 0. The molecular weight excluding hydrogens is 1000 g/mol. The Morgan fingerprint density at radius 1 is 0.163 bits per heavy atom. The normalized spacial score (nSPS) is 11.5. The van der Waals surface area contributed by atoms with Crippen LogP contribution in [0.5, 0.6) is 0 Å². The maximum Gasteiger partial charge on any atom is 0.179 e. The van der Waals surface area contributed by atoms with E-state index in [1.165, 1.54) is 41.5 Å². The summed E-state index contributed by atoms with van der Waals surface area (Å²) in [6, 6.07) is 115. The Bertz CT molecular complexity index is 3730. The van der Waals surface area contributed by atoms with Crippen LogP contribution in [0.15, 0.2) is 322 Å². The molecule has 0 spiro atoms. The van der Waals surface area contributed by atoms with E-state index in [-0.39, 0.29) is 0 Å². The van der Waals surface area contributed by atoms with Crippen molar-refractivity contribution in [3.8, 4) is 68.1 Å². The molecule has 0 aliphatic heterocycles. The Labute approximate surface area is 469 Å². The van der Waals surface area contributed by atoms with Gasteiger partial charge in [0.15, 0.2) is 39.4 Å². The van der Waals surface area contributed by atoms with Gasteiger partial charge in [-0.3, -0.25) is 0 Å². The number of hydrogen-bond donors (Lipinski definition) is 0. The van der Waals surface area contributed by atoms with Gasteiger partial charge in [-0.05, 0) is 47.6 Å². The summed E-state index contributed by atoms with van der Waals surface area (Å²) in [7, 11) is -5.67. The molecule has 0 radical (unpaired) electrons. The molecule has 0 saturated heterocycles. The van der Waals surface area contributed by atoms with Crippen LogP contribution in [0.4, 0.5) is 0 Å². The molecule has 0 bridgehead atoms. The van der Waals surface area contributed by atoms with Gasteiger partial charge in [0.1, 0.15) is 0 Å². The monoisotopic (exact) mass is 1060 g/mol. The van der Waals surface area contributed by atoms with Crippen LogP contribution in [0.1, 0.15) is 0 Å². The van der Waals surface area contributed by atoms with Gasteiger partial charge in [-0.2, -0.15) is 0 Å². The van der Waals surface area contributed by atoms with Crippen LogP contribution in [0.25, 0.3) is 68.1 Å². The lowest BCUT2D eigenvalue weighted by atomic mass is 10.1. The quantitative estimate of drug-likeness (QED) is 0.0802. The average molecular weight is 1060 g/mol. The second-order valence-electron chi connectivity index (χ2n) is 19.9. The molecule has 80 heavy (non-hydrogen) atoms. The number of aromatic nitrogens is 5. The lowest BCUT2D eigenvalue weighted by molar-refractivity contribution is 1.07. The van der Waals surface area contributed by atoms with E-state index in [0.717, 1.165) is 44.8 Å². The van der Waals surface area contributed by atoms with Crippen molar-refractivity contribution in [3.05, 3.63) is 322 Å². The van der Waals surface area contributed by atoms with Gasteiger partial charge in [-0.25, -0.2) is 24.9 Å². The molecule has 0 aliphatic rings. The first-order valence-electron chi connectivity index (χ1n) is 27.1. The topological polar surface area (TPSA) is 64.5 Å². The molecule has 5 nitrogen and oxygen atoms in total. The van der Waals surface area contributed by atoms with Crippen LogP contribution in [-0.4, -0.2) is 41.1 Å². The summed E-state index contributed by atoms with van der Waals surface area (Å²) in [6.45, 7) is 0. The molecule has 13 aromatic rings. The average Bonchev–Trinajstić information content (AvgIpc) is 3.56. The zero-order chi connectivity index (χ0) is 53.6. The Morgan fingerprint density at radius 2 is 0.400 bits per heavy atom. The van der Waals surface area contributed by atoms with E-state index in [9.17, 15) is 0 Å². The first-order valence-corrected chi connectivity index (χ1v) is 31.1. The minimum atomic E-state index is -2.84. The number of nitrogens with zero attached hydrogens (tertiary/aromatic N) is 5. The highest BCUT2D eigenvalue weighted by atomic mass is 28.3. The molecule has 11 aromatic carbocycles. The van der Waals surface area contributed by atoms with Crippen molar-refractivity contribution in [1.29, 1.82) is 0 Å². The Hall–Kier alpha value is -10.1. The molecule has 378 valence electrons. The SMILES string of the molecule is c1ccc(-c2cc(-c3cccc([Si](c4ccccc4)(c4ccccc4)c4ccccc4)c3)nc(-c3ccc(-c4nc(-c5ccccc5)nc(-c5cccc([Si](c6ccccc6)(c6ccccc6)c6ccccc6)c5)n4)cc3)n2)cc1. The summed E-state index contributed by atoms with van der Waals surface area (Å²) in [5.74, 6) is 2.39. The molecule has 0 saturated carbocycles. The lowest BCUT2D eigenvalue weighted by Crippen LogP contribution is -2.74. The largest absolute Gasteiger partial charge is 0.228 e. The zero-order valence-electron chi connectivity index (χ0n) is 43.8. The predicted molar refractivity (Wildman–Crippen MR) is 335 cm³/mol. The Morgan fingerprint density at radius 3 is 0.762 bits per heavy atom. The molecule has 7 heteroatoms. The van der Waals surface area contributed by atoms with Gasteiger partial charge in [0, 0.05) is 33.4 Å². The summed E-state index contributed by atoms with van der Waals surface area (Å²) >= 11 is 0. The van der Waals surface area contributed by atoms with Gasteiger partial charge in [0.05, 0.1) is 11.4 Å². The van der Waals surface area contributed by atoms with Gasteiger partial charge in [0.25, 0.3) is 0 Å². The van der Waals surface area contributed by atoms with Crippen LogP contribution in [0.3, 0.4) is 0 Å². The van der Waals surface area contributed by atoms with Gasteiger partial charge in [-0.1, -0.05) is 315 Å². The molecule has 2 heterocycles. The molecular formula is C73H53N5Si2. The lowest BCUT2D eigenvalue weighted by Gasteiger charge is -2.34. The first kappa shape index (κ1) is 49.5. The summed E-state index contributed by atoms with van der Waals surface area (Å²) in [4.78, 5) is 26.4. The van der Waals surface area contributed by atoms with E-state index in [4.69, 9.17) is 24.9 Å². The fourth-order valence-corrected chi connectivity index (χ4v) is 21.1. The number of rotatable bonds is 14. The summed E-state index contributed by atoms with van der Waals surface area (Å²) in [5, 5.41) is 10.3. The van der Waals surface area contributed by atoms with Crippen molar-refractivity contribution in [1.82, 2.24) is 24.9 Å². The maximum absolute atomic E-state index is 5.41. The molecule has 2 aromatic heterocycles. The van der Waals surface area contributed by atoms with Crippen LogP contribution in [-0.2, 0) is 0 Å². The van der Waals surface area contributed by atoms with Crippen molar-refractivity contribution >= 4 is 57.6 Å². The molecule has 0 aliphatic carbocycles. The van der Waals surface area contributed by atoms with E-state index in [1.54, 1.807) is 0 Å². The highest BCUT2D eigenvalue weighted by Crippen LogP contribution is 2.31. The van der Waals surface area contributed by atoms with E-state index in [2.05, 4.69) is 297 Å². The zero-order valence-corrected chi connectivity index (χ0v) is 45.8. The van der Waals surface area contributed by atoms with Gasteiger partial charge in [0.2, 0.25) is 0 Å². The molecule has 0 atom stereocenters. The van der Waals surface area contributed by atoms with E-state index >= 15 is 0 Å². The summed E-state index contributed by atoms with van der Waals surface area (Å²) in [6.07, 6.45) is 0. The predicted octanol–water partition coefficient (Wildman–Crippen LogP) is 11.4. The third-order valence-electron chi connectivity index (χ3n) is 15.3. The van der Waals surface area contributed by atoms with Crippen molar-refractivity contribution in [2.75, 3.05) is 0 Å². The number of benzene rings is 11. The Kier molecular flexibility index (Phi) is 13.7. The number of hydrogen-bond acceptors (Lipinski definition) is 5. The molecule has 0 N–H and O–H groups in total. The molecule has 13 rings (SSSR count). The Balaban J connectivity index is 0.926. The highest BCUT2D eigenvalue weighted by Gasteiger charge is 2.43. The minimum absolute atomic E-state index is 0.572. The molecule has 0 amide bonds. The van der Waals surface area contributed by atoms with Crippen LogP contribution in [0.2, 0.25) is 0 Å². The van der Waals surface area contributed by atoms with Gasteiger partial charge >= 0.3 is 0 Å². The van der Waals surface area contributed by atoms with Crippen LogP contribution >= 0.6 is 0 Å². The molecule has 0 fully saturated rings. The van der Waals surface area contributed by atoms with Crippen molar-refractivity contribution in [3.63, 3.8) is 0 Å². The van der Waals surface area contributed by atoms with Crippen molar-refractivity contribution in [2.24, 2.45) is 0 Å². The van der Waals surface area contributed by atoms with E-state index in [0.29, 0.717) is 23.3 Å². The van der Waals surface area contributed by atoms with Gasteiger partial charge in [-0.15, -0.1) is 0 Å². The minimum Gasteiger partial charge on any atom is -0.228 e. The van der Waals surface area contributed by atoms with Crippen LogP contribution < -0.4 is 41.5 Å². The third-order valence-corrected chi connectivity index (χ3v) is 24.8. The maximum atomic E-state index is 5.41. The second-order valence-corrected chi connectivity index (χ2v) is 27.6. The smallest absolute Gasteiger partial charge is 0.179 e. The van der Waals surface area contributed by atoms with Crippen LogP contribution in [0, 0.1) is 0 Å². The van der Waals surface area contributed by atoms with E-state index < -0.39 is 16.1 Å². The standard InChI is InChI=1S/C73H53N5Si2/c1-9-27-54(28-10-1)68-53-69(58-31-25-45-66(51-58)79(60-33-13-3-14-34-60,61-35-15-4-16-36-61)62-37-17-5-18-38-62)75-70(74-68)56-47-49-57(50-48-56)72-76-71(55-29-11-2-12-30-55)77-73(78-72)59-32-26-46-67(52-59)80(63-39-19-6-20-40-63,64-41-21-7-22-42-64)65-43-23-8-24-44-65/h1-53H. The van der Waals surface area contributed by atoms with E-state index in [1.807, 2.05) is 24.3 Å². The fourth-order valence-electron chi connectivity index (χ4n) is 11.5. The summed E-state index contributed by atoms with van der Waals surface area (Å²) in [5.41, 5.74) is 7.26. The van der Waals surface area contributed by atoms with Crippen molar-refractivity contribution < 1.29 is 0 Å². The second kappa shape index (κ2) is 22.1. The first-order chi connectivity index (χ1) is 39.6. The molecule has 0 unspecified atom stereocenters.